The molecule has 0 heterocycles. The molecule has 0 saturated heterocycles. The molecule has 0 bridgehead atoms. The Bertz CT molecular complexity index is 502. The Morgan fingerprint density at radius 1 is 1.00 bits per heavy atom. The standard InChI is InChI=1S/C16H21N/c1-4-17(3)10-9-14-6-8-15-11-13(2)5-7-16(15)12-14/h5-8,11-12H,4,9-10H2,1-3H3. The van der Waals surface area contributed by atoms with Gasteiger partial charge in [-0.05, 0) is 43.3 Å². The summed E-state index contributed by atoms with van der Waals surface area (Å²) in [6.07, 6.45) is 1.13. The molecule has 0 amide bonds. The third-order valence-electron chi connectivity index (χ3n) is 3.38. The minimum Gasteiger partial charge on any atom is -0.306 e. The molecule has 17 heavy (non-hydrogen) atoms. The second-order valence-electron chi connectivity index (χ2n) is 4.83. The first kappa shape index (κ1) is 12.1. The maximum Gasteiger partial charge on any atom is 0.00187 e. The van der Waals surface area contributed by atoms with Crippen molar-refractivity contribution in [3.8, 4) is 0 Å². The molecule has 90 valence electrons. The number of likely N-dealkylation sites (N-methyl/N-ethyl adjacent to an activating group) is 1. The molecule has 0 unspecified atom stereocenters. The minimum atomic E-state index is 1.12. The molecule has 1 nitrogen and oxygen atoms in total. The first-order valence-corrected chi connectivity index (χ1v) is 6.37. The van der Waals surface area contributed by atoms with Crippen molar-refractivity contribution in [3.63, 3.8) is 0 Å². The van der Waals surface area contributed by atoms with E-state index in [4.69, 9.17) is 0 Å². The van der Waals surface area contributed by atoms with Crippen molar-refractivity contribution in [2.45, 2.75) is 20.3 Å². The normalized spacial score (nSPS) is 11.3. The SMILES string of the molecule is CCN(C)CCc1ccc2cc(C)ccc2c1. The van der Waals surface area contributed by atoms with Crippen LogP contribution in [0.5, 0.6) is 0 Å². The quantitative estimate of drug-likeness (QED) is 0.770. The van der Waals surface area contributed by atoms with Crippen LogP contribution in [0.3, 0.4) is 0 Å². The van der Waals surface area contributed by atoms with Gasteiger partial charge in [-0.15, -0.1) is 0 Å². The van der Waals surface area contributed by atoms with Gasteiger partial charge in [0, 0.05) is 6.54 Å². The maximum atomic E-state index is 2.35. The Labute approximate surface area is 104 Å². The smallest absolute Gasteiger partial charge is 0.00187 e. The number of benzene rings is 2. The van der Waals surface area contributed by atoms with E-state index in [1.807, 2.05) is 0 Å². The van der Waals surface area contributed by atoms with Gasteiger partial charge >= 0.3 is 0 Å². The molecule has 2 rings (SSSR count). The van der Waals surface area contributed by atoms with Gasteiger partial charge in [0.15, 0.2) is 0 Å². The summed E-state index contributed by atoms with van der Waals surface area (Å²) in [6, 6.07) is 13.5. The van der Waals surface area contributed by atoms with Crippen LogP contribution in [0.1, 0.15) is 18.1 Å². The molecule has 0 radical (unpaired) electrons. The Kier molecular flexibility index (Phi) is 3.80. The lowest BCUT2D eigenvalue weighted by Gasteiger charge is -2.13. The predicted octanol–water partition coefficient (Wildman–Crippen LogP) is 3.64. The highest BCUT2D eigenvalue weighted by atomic mass is 15.1. The lowest BCUT2D eigenvalue weighted by atomic mass is 10.0. The molecule has 0 aliphatic heterocycles. The summed E-state index contributed by atoms with van der Waals surface area (Å²) in [4.78, 5) is 2.35. The van der Waals surface area contributed by atoms with Crippen LogP contribution in [-0.2, 0) is 6.42 Å². The van der Waals surface area contributed by atoms with Crippen LogP contribution in [0, 0.1) is 6.92 Å². The first-order chi connectivity index (χ1) is 8.19. The summed E-state index contributed by atoms with van der Waals surface area (Å²) in [5.41, 5.74) is 2.76. The maximum absolute atomic E-state index is 2.35. The van der Waals surface area contributed by atoms with Crippen LogP contribution in [0.25, 0.3) is 10.8 Å². The van der Waals surface area contributed by atoms with E-state index in [1.165, 1.54) is 21.9 Å². The van der Waals surface area contributed by atoms with Gasteiger partial charge in [0.1, 0.15) is 0 Å². The van der Waals surface area contributed by atoms with Gasteiger partial charge in [-0.3, -0.25) is 0 Å². The fourth-order valence-corrected chi connectivity index (χ4v) is 2.05. The van der Waals surface area contributed by atoms with E-state index in [1.54, 1.807) is 0 Å². The summed E-state index contributed by atoms with van der Waals surface area (Å²) in [7, 11) is 2.17. The summed E-state index contributed by atoms with van der Waals surface area (Å²) in [6.45, 7) is 6.59. The second-order valence-corrected chi connectivity index (χ2v) is 4.83. The second kappa shape index (κ2) is 5.33. The number of fused-ring (bicyclic) bond motifs is 1. The van der Waals surface area contributed by atoms with Crippen LogP contribution in [-0.4, -0.2) is 25.0 Å². The van der Waals surface area contributed by atoms with Gasteiger partial charge in [-0.2, -0.15) is 0 Å². The number of hydrogen-bond acceptors (Lipinski definition) is 1. The topological polar surface area (TPSA) is 3.24 Å². The molecule has 0 saturated carbocycles. The van der Waals surface area contributed by atoms with E-state index in [9.17, 15) is 0 Å². The molecule has 0 aliphatic rings. The van der Waals surface area contributed by atoms with E-state index < -0.39 is 0 Å². The van der Waals surface area contributed by atoms with Crippen molar-refractivity contribution in [2.24, 2.45) is 0 Å². The summed E-state index contributed by atoms with van der Waals surface area (Å²) in [5, 5.41) is 2.70. The summed E-state index contributed by atoms with van der Waals surface area (Å²) < 4.78 is 0. The summed E-state index contributed by atoms with van der Waals surface area (Å²) >= 11 is 0. The molecule has 2 aromatic rings. The van der Waals surface area contributed by atoms with Crippen LogP contribution >= 0.6 is 0 Å². The van der Waals surface area contributed by atoms with Crippen molar-refractivity contribution < 1.29 is 0 Å². The molecular formula is C16H21N. The lowest BCUT2D eigenvalue weighted by Crippen LogP contribution is -2.20. The van der Waals surface area contributed by atoms with Gasteiger partial charge in [-0.25, -0.2) is 0 Å². The zero-order valence-electron chi connectivity index (χ0n) is 11.0. The summed E-state index contributed by atoms with van der Waals surface area (Å²) in [5.74, 6) is 0. The fraction of sp³-hybridized carbons (Fsp3) is 0.375. The van der Waals surface area contributed by atoms with Crippen LogP contribution in [0.4, 0.5) is 0 Å². The predicted molar refractivity (Wildman–Crippen MR) is 75.6 cm³/mol. The number of hydrogen-bond donors (Lipinski definition) is 0. The van der Waals surface area contributed by atoms with Gasteiger partial charge < -0.3 is 4.90 Å². The molecule has 0 spiro atoms. The lowest BCUT2D eigenvalue weighted by molar-refractivity contribution is 0.357. The van der Waals surface area contributed by atoms with E-state index in [2.05, 4.69) is 62.2 Å². The van der Waals surface area contributed by atoms with Crippen molar-refractivity contribution in [1.29, 1.82) is 0 Å². The largest absolute Gasteiger partial charge is 0.306 e. The Hall–Kier alpha value is -1.34. The third kappa shape index (κ3) is 3.07. The van der Waals surface area contributed by atoms with Crippen molar-refractivity contribution in [3.05, 3.63) is 47.5 Å². The van der Waals surface area contributed by atoms with Crippen molar-refractivity contribution >= 4 is 10.8 Å². The zero-order chi connectivity index (χ0) is 12.3. The van der Waals surface area contributed by atoms with E-state index >= 15 is 0 Å². The number of aryl methyl sites for hydroxylation is 1. The molecule has 1 heteroatoms. The van der Waals surface area contributed by atoms with E-state index in [0.717, 1.165) is 19.5 Å². The minimum absolute atomic E-state index is 1.12. The van der Waals surface area contributed by atoms with Crippen LogP contribution in [0.2, 0.25) is 0 Å². The van der Waals surface area contributed by atoms with Crippen LogP contribution < -0.4 is 0 Å². The molecule has 2 aromatic carbocycles. The Balaban J connectivity index is 2.17. The van der Waals surface area contributed by atoms with E-state index in [0.29, 0.717) is 0 Å². The van der Waals surface area contributed by atoms with Crippen molar-refractivity contribution in [1.82, 2.24) is 4.90 Å². The third-order valence-corrected chi connectivity index (χ3v) is 3.38. The first-order valence-electron chi connectivity index (χ1n) is 6.37. The number of rotatable bonds is 4. The van der Waals surface area contributed by atoms with Gasteiger partial charge in [-0.1, -0.05) is 48.9 Å². The highest BCUT2D eigenvalue weighted by Gasteiger charge is 1.99. The molecule has 0 N–H and O–H groups in total. The van der Waals surface area contributed by atoms with Gasteiger partial charge in [0.2, 0.25) is 0 Å². The monoisotopic (exact) mass is 227 g/mol. The van der Waals surface area contributed by atoms with Crippen LogP contribution in [0.15, 0.2) is 36.4 Å². The molecule has 0 atom stereocenters. The molecule has 0 fully saturated rings. The molecule has 0 aliphatic carbocycles. The Morgan fingerprint density at radius 2 is 1.71 bits per heavy atom. The fourth-order valence-electron chi connectivity index (χ4n) is 2.05. The van der Waals surface area contributed by atoms with E-state index in [-0.39, 0.29) is 0 Å². The van der Waals surface area contributed by atoms with Crippen molar-refractivity contribution in [2.75, 3.05) is 20.1 Å². The molecule has 0 aromatic heterocycles. The zero-order valence-corrected chi connectivity index (χ0v) is 11.0. The molecular weight excluding hydrogens is 206 g/mol. The number of nitrogens with zero attached hydrogens (tertiary/aromatic N) is 1. The average Bonchev–Trinajstić information content (AvgIpc) is 2.35. The average molecular weight is 227 g/mol. The van der Waals surface area contributed by atoms with Gasteiger partial charge in [0.25, 0.3) is 0 Å². The highest BCUT2D eigenvalue weighted by molar-refractivity contribution is 5.83. The Morgan fingerprint density at radius 3 is 2.47 bits per heavy atom. The van der Waals surface area contributed by atoms with Gasteiger partial charge in [0.05, 0.1) is 0 Å². The highest BCUT2D eigenvalue weighted by Crippen LogP contribution is 2.18.